The van der Waals surface area contributed by atoms with Gasteiger partial charge < -0.3 is 11.1 Å². The minimum absolute atomic E-state index is 0.0293. The first-order chi connectivity index (χ1) is 6.90. The van der Waals surface area contributed by atoms with Gasteiger partial charge in [0.05, 0.1) is 11.5 Å². The fourth-order valence-electron chi connectivity index (χ4n) is 1.99. The molecule has 1 rings (SSSR count). The Morgan fingerprint density at radius 3 is 2.60 bits per heavy atom. The molecule has 1 heterocycles. The highest BCUT2D eigenvalue weighted by Gasteiger charge is 2.41. The van der Waals surface area contributed by atoms with Crippen molar-refractivity contribution in [2.75, 3.05) is 20.1 Å². The molecule has 3 N–H and O–H groups in total. The van der Waals surface area contributed by atoms with Crippen LogP contribution in [0.15, 0.2) is 0 Å². The van der Waals surface area contributed by atoms with Crippen molar-refractivity contribution in [3.63, 3.8) is 0 Å². The van der Waals surface area contributed by atoms with E-state index in [1.165, 1.54) is 0 Å². The topological polar surface area (TPSA) is 75.4 Å². The smallest absolute Gasteiger partial charge is 0.234 e. The largest absolute Gasteiger partial charge is 0.368 e. The predicted octanol–water partition coefficient (Wildman–Crippen LogP) is -0.682. The van der Waals surface area contributed by atoms with Crippen LogP contribution in [0.2, 0.25) is 0 Å². The predicted molar refractivity (Wildman–Crippen MR) is 57.0 cm³/mol. The number of likely N-dealkylation sites (tertiary alicyclic amines) is 1. The maximum absolute atomic E-state index is 11.6. The van der Waals surface area contributed by atoms with Gasteiger partial charge in [0, 0.05) is 20.1 Å². The molecule has 0 radical (unpaired) electrons. The fraction of sp³-hybridized carbons (Fsp3) is 0.800. The Morgan fingerprint density at radius 2 is 2.13 bits per heavy atom. The number of nitrogens with one attached hydrogen (secondary N) is 1. The molecule has 1 saturated heterocycles. The van der Waals surface area contributed by atoms with E-state index in [1.807, 2.05) is 11.8 Å². The van der Waals surface area contributed by atoms with Gasteiger partial charge in [-0.05, 0) is 20.3 Å². The molecule has 0 aromatic carbocycles. The summed E-state index contributed by atoms with van der Waals surface area (Å²) in [6, 6.07) is -0.295. The van der Waals surface area contributed by atoms with Crippen LogP contribution in [0.5, 0.6) is 0 Å². The summed E-state index contributed by atoms with van der Waals surface area (Å²) in [5, 5.41) is 2.65. The minimum Gasteiger partial charge on any atom is -0.368 e. The van der Waals surface area contributed by atoms with Crippen LogP contribution in [0.1, 0.15) is 20.3 Å². The van der Waals surface area contributed by atoms with Crippen LogP contribution in [0, 0.1) is 5.41 Å². The summed E-state index contributed by atoms with van der Waals surface area (Å²) in [5.41, 5.74) is 4.84. The minimum atomic E-state index is -0.390. The molecule has 2 unspecified atom stereocenters. The second-order valence-electron chi connectivity index (χ2n) is 4.44. The van der Waals surface area contributed by atoms with E-state index in [0.29, 0.717) is 6.54 Å². The molecule has 2 amide bonds. The van der Waals surface area contributed by atoms with Gasteiger partial charge in [0.25, 0.3) is 0 Å². The number of nitrogens with zero attached hydrogens (tertiary/aromatic N) is 1. The van der Waals surface area contributed by atoms with Gasteiger partial charge in [0.1, 0.15) is 0 Å². The van der Waals surface area contributed by atoms with E-state index < -0.39 is 5.41 Å². The van der Waals surface area contributed by atoms with E-state index in [0.717, 1.165) is 13.0 Å². The lowest BCUT2D eigenvalue weighted by Crippen LogP contribution is -2.44. The molecule has 1 aliphatic heterocycles. The Kier molecular flexibility index (Phi) is 3.34. The third-order valence-corrected chi connectivity index (χ3v) is 3.24. The number of nitrogens with two attached hydrogens (primary N) is 1. The lowest BCUT2D eigenvalue weighted by molar-refractivity contribution is -0.130. The molecule has 2 atom stereocenters. The van der Waals surface area contributed by atoms with E-state index in [9.17, 15) is 9.59 Å². The van der Waals surface area contributed by atoms with E-state index in [1.54, 1.807) is 14.0 Å². The standard InChI is InChI=1S/C10H19N3O2/c1-7(8(11)14)13-5-4-10(2,6-13)9(15)12-3/h7H,4-6H2,1-3H3,(H2,11,14)(H,12,15). The van der Waals surface area contributed by atoms with Crippen molar-refractivity contribution in [2.45, 2.75) is 26.3 Å². The van der Waals surface area contributed by atoms with Crippen LogP contribution in [-0.4, -0.2) is 42.9 Å². The van der Waals surface area contributed by atoms with Crippen molar-refractivity contribution < 1.29 is 9.59 Å². The van der Waals surface area contributed by atoms with E-state index in [-0.39, 0.29) is 17.9 Å². The number of amides is 2. The Balaban J connectivity index is 2.66. The fourth-order valence-corrected chi connectivity index (χ4v) is 1.99. The quantitative estimate of drug-likeness (QED) is 0.652. The van der Waals surface area contributed by atoms with Crippen LogP contribution in [0.25, 0.3) is 0 Å². The maximum Gasteiger partial charge on any atom is 0.234 e. The molecule has 0 aromatic heterocycles. The molecule has 0 aromatic rings. The first kappa shape index (κ1) is 12.0. The van der Waals surface area contributed by atoms with Gasteiger partial charge in [-0.1, -0.05) is 0 Å². The number of hydrogen-bond acceptors (Lipinski definition) is 3. The van der Waals surface area contributed by atoms with E-state index in [4.69, 9.17) is 5.73 Å². The number of hydrogen-bond donors (Lipinski definition) is 2. The Labute approximate surface area is 90.0 Å². The molecule has 5 nitrogen and oxygen atoms in total. The van der Waals surface area contributed by atoms with Gasteiger partial charge >= 0.3 is 0 Å². The normalized spacial score (nSPS) is 28.7. The SMILES string of the molecule is CNC(=O)C1(C)CCN(C(C)C(N)=O)C1. The van der Waals surface area contributed by atoms with Gasteiger partial charge in [-0.2, -0.15) is 0 Å². The zero-order valence-electron chi connectivity index (χ0n) is 9.54. The number of carbonyl (C=O) groups excluding carboxylic acids is 2. The average Bonchev–Trinajstić information content (AvgIpc) is 2.59. The lowest BCUT2D eigenvalue weighted by Gasteiger charge is -2.25. The van der Waals surface area contributed by atoms with E-state index >= 15 is 0 Å². The van der Waals surface area contributed by atoms with Crippen molar-refractivity contribution in [1.82, 2.24) is 10.2 Å². The first-order valence-electron chi connectivity index (χ1n) is 5.16. The highest BCUT2D eigenvalue weighted by Crippen LogP contribution is 2.31. The van der Waals surface area contributed by atoms with E-state index in [2.05, 4.69) is 5.32 Å². The summed E-state index contributed by atoms with van der Waals surface area (Å²) < 4.78 is 0. The Hall–Kier alpha value is -1.10. The molecule has 86 valence electrons. The molecule has 1 aliphatic rings. The van der Waals surface area contributed by atoms with Gasteiger partial charge in [-0.3, -0.25) is 14.5 Å². The van der Waals surface area contributed by atoms with Crippen molar-refractivity contribution in [3.8, 4) is 0 Å². The third-order valence-electron chi connectivity index (χ3n) is 3.24. The summed E-state index contributed by atoms with van der Waals surface area (Å²) in [6.45, 7) is 5.03. The molecule has 1 fully saturated rings. The highest BCUT2D eigenvalue weighted by atomic mass is 16.2. The second-order valence-corrected chi connectivity index (χ2v) is 4.44. The van der Waals surface area contributed by atoms with Crippen molar-refractivity contribution >= 4 is 11.8 Å². The molecule has 0 bridgehead atoms. The molecule has 0 aliphatic carbocycles. The summed E-state index contributed by atoms with van der Waals surface area (Å²) >= 11 is 0. The second kappa shape index (κ2) is 4.18. The Bertz CT molecular complexity index is 280. The summed E-state index contributed by atoms with van der Waals surface area (Å²) in [5.74, 6) is -0.308. The zero-order chi connectivity index (χ0) is 11.6. The van der Waals surface area contributed by atoms with Crippen LogP contribution in [0.4, 0.5) is 0 Å². The van der Waals surface area contributed by atoms with Crippen molar-refractivity contribution in [1.29, 1.82) is 0 Å². The van der Waals surface area contributed by atoms with Crippen LogP contribution >= 0.6 is 0 Å². The molecule has 5 heteroatoms. The highest BCUT2D eigenvalue weighted by molar-refractivity contribution is 5.83. The van der Waals surface area contributed by atoms with Gasteiger partial charge in [-0.15, -0.1) is 0 Å². The molecule has 0 saturated carbocycles. The van der Waals surface area contributed by atoms with Gasteiger partial charge in [0.15, 0.2) is 0 Å². The first-order valence-corrected chi connectivity index (χ1v) is 5.16. The van der Waals surface area contributed by atoms with Crippen LogP contribution in [0.3, 0.4) is 0 Å². The third kappa shape index (κ3) is 2.28. The maximum atomic E-state index is 11.6. The number of carbonyl (C=O) groups is 2. The van der Waals surface area contributed by atoms with Crippen molar-refractivity contribution in [3.05, 3.63) is 0 Å². The number of rotatable bonds is 3. The zero-order valence-corrected chi connectivity index (χ0v) is 9.54. The average molecular weight is 213 g/mol. The molecular formula is C10H19N3O2. The lowest BCUT2D eigenvalue weighted by atomic mass is 9.89. The summed E-state index contributed by atoms with van der Waals surface area (Å²) in [6.07, 6.45) is 0.768. The van der Waals surface area contributed by atoms with Crippen molar-refractivity contribution in [2.24, 2.45) is 11.1 Å². The summed E-state index contributed by atoms with van der Waals surface area (Å²) in [7, 11) is 1.63. The van der Waals surface area contributed by atoms with Gasteiger partial charge in [-0.25, -0.2) is 0 Å². The Morgan fingerprint density at radius 1 is 1.53 bits per heavy atom. The molecule has 0 spiro atoms. The molecular weight excluding hydrogens is 194 g/mol. The monoisotopic (exact) mass is 213 g/mol. The van der Waals surface area contributed by atoms with Gasteiger partial charge in [0.2, 0.25) is 11.8 Å². The summed E-state index contributed by atoms with van der Waals surface area (Å²) in [4.78, 5) is 24.6. The molecule has 15 heavy (non-hydrogen) atoms. The number of primary amides is 1. The van der Waals surface area contributed by atoms with Crippen LogP contribution < -0.4 is 11.1 Å². The van der Waals surface area contributed by atoms with Crippen LogP contribution in [-0.2, 0) is 9.59 Å².